The van der Waals surface area contributed by atoms with Crippen molar-refractivity contribution in [2.75, 3.05) is 32.7 Å². The van der Waals surface area contributed by atoms with Crippen molar-refractivity contribution >= 4 is 23.2 Å². The summed E-state index contributed by atoms with van der Waals surface area (Å²) in [6.45, 7) is 7.16. The van der Waals surface area contributed by atoms with Crippen molar-refractivity contribution in [1.82, 2.24) is 19.7 Å². The molecule has 4 fully saturated rings. The number of fused-ring (bicyclic) bond motifs is 4. The first kappa shape index (κ1) is 17.9. The predicted molar refractivity (Wildman–Crippen MR) is 101 cm³/mol. The SMILES string of the molecule is CCN1CCC(C(=O)N2C[C@@H]3CC[C@H](C2)N(Cc2cscn2)C3=O)CC1. The third-order valence-electron chi connectivity index (χ3n) is 6.30. The Morgan fingerprint density at radius 1 is 1.23 bits per heavy atom. The Bertz CT molecular complexity index is 642. The zero-order valence-electron chi connectivity index (χ0n) is 15.5. The fraction of sp³-hybridized carbons (Fsp3) is 0.737. The monoisotopic (exact) mass is 376 g/mol. The average molecular weight is 377 g/mol. The highest BCUT2D eigenvalue weighted by molar-refractivity contribution is 7.07. The van der Waals surface area contributed by atoms with Gasteiger partial charge in [0.05, 0.1) is 23.7 Å². The molecule has 1 aromatic rings. The summed E-state index contributed by atoms with van der Waals surface area (Å²) in [5, 5.41) is 2.01. The summed E-state index contributed by atoms with van der Waals surface area (Å²) in [6.07, 6.45) is 3.82. The van der Waals surface area contributed by atoms with Crippen LogP contribution < -0.4 is 0 Å². The molecule has 7 heteroatoms. The first-order valence-corrected chi connectivity index (χ1v) is 10.8. The van der Waals surface area contributed by atoms with E-state index in [1.165, 1.54) is 0 Å². The van der Waals surface area contributed by atoms with Crippen LogP contribution in [0.3, 0.4) is 0 Å². The van der Waals surface area contributed by atoms with Crippen LogP contribution in [-0.2, 0) is 16.1 Å². The highest BCUT2D eigenvalue weighted by Gasteiger charge is 2.43. The quantitative estimate of drug-likeness (QED) is 0.804. The van der Waals surface area contributed by atoms with E-state index >= 15 is 0 Å². The summed E-state index contributed by atoms with van der Waals surface area (Å²) in [7, 11) is 0. The molecule has 4 saturated heterocycles. The van der Waals surface area contributed by atoms with E-state index in [0.717, 1.165) is 51.0 Å². The van der Waals surface area contributed by atoms with Crippen molar-refractivity contribution in [3.05, 3.63) is 16.6 Å². The minimum Gasteiger partial charge on any atom is -0.340 e. The summed E-state index contributed by atoms with van der Waals surface area (Å²) >= 11 is 1.56. The minimum atomic E-state index is -0.0351. The molecule has 0 N–H and O–H groups in total. The van der Waals surface area contributed by atoms with Gasteiger partial charge in [-0.15, -0.1) is 11.3 Å². The molecule has 2 bridgehead atoms. The molecule has 4 aliphatic heterocycles. The lowest BCUT2D eigenvalue weighted by molar-refractivity contribution is -0.140. The van der Waals surface area contributed by atoms with Gasteiger partial charge in [-0.3, -0.25) is 9.59 Å². The fourth-order valence-corrected chi connectivity index (χ4v) is 5.22. The first-order chi connectivity index (χ1) is 12.7. The van der Waals surface area contributed by atoms with Crippen molar-refractivity contribution in [3.63, 3.8) is 0 Å². The van der Waals surface area contributed by atoms with E-state index in [1.807, 2.05) is 20.7 Å². The zero-order chi connectivity index (χ0) is 18.1. The predicted octanol–water partition coefficient (Wildman–Crippen LogP) is 1.82. The van der Waals surface area contributed by atoms with Gasteiger partial charge in [-0.2, -0.15) is 0 Å². The van der Waals surface area contributed by atoms with Gasteiger partial charge in [0.25, 0.3) is 0 Å². The molecule has 5 rings (SSSR count). The Kier molecular flexibility index (Phi) is 5.27. The Balaban J connectivity index is 1.44. The lowest BCUT2D eigenvalue weighted by Gasteiger charge is -2.36. The first-order valence-electron chi connectivity index (χ1n) is 9.84. The Labute approximate surface area is 159 Å². The van der Waals surface area contributed by atoms with Crippen LogP contribution in [0.25, 0.3) is 0 Å². The Hall–Kier alpha value is -1.47. The Morgan fingerprint density at radius 3 is 2.73 bits per heavy atom. The number of thiazole rings is 1. The van der Waals surface area contributed by atoms with Gasteiger partial charge in [-0.1, -0.05) is 6.92 Å². The topological polar surface area (TPSA) is 56.8 Å². The van der Waals surface area contributed by atoms with Crippen molar-refractivity contribution in [3.8, 4) is 0 Å². The second-order valence-electron chi connectivity index (χ2n) is 7.83. The molecule has 142 valence electrons. The normalized spacial score (nSPS) is 27.8. The number of amides is 2. The van der Waals surface area contributed by atoms with E-state index in [0.29, 0.717) is 19.6 Å². The van der Waals surface area contributed by atoms with Crippen molar-refractivity contribution in [2.45, 2.75) is 45.2 Å². The number of hydrogen-bond donors (Lipinski definition) is 0. The highest BCUT2D eigenvalue weighted by Crippen LogP contribution is 2.32. The third-order valence-corrected chi connectivity index (χ3v) is 6.94. The molecule has 0 aromatic carbocycles. The van der Waals surface area contributed by atoms with Crippen molar-refractivity contribution in [1.29, 1.82) is 0 Å². The second-order valence-corrected chi connectivity index (χ2v) is 8.54. The minimum absolute atomic E-state index is 0.0351. The number of piperidine rings is 2. The molecule has 4 aliphatic rings. The fourth-order valence-electron chi connectivity index (χ4n) is 4.67. The van der Waals surface area contributed by atoms with Crippen LogP contribution in [-0.4, -0.2) is 70.3 Å². The van der Waals surface area contributed by atoms with Crippen LogP contribution in [0.4, 0.5) is 0 Å². The van der Waals surface area contributed by atoms with Gasteiger partial charge >= 0.3 is 0 Å². The molecule has 0 spiro atoms. The molecule has 0 saturated carbocycles. The number of nitrogens with zero attached hydrogens (tertiary/aromatic N) is 4. The van der Waals surface area contributed by atoms with E-state index in [2.05, 4.69) is 16.8 Å². The molecule has 0 radical (unpaired) electrons. The van der Waals surface area contributed by atoms with Crippen molar-refractivity contribution < 1.29 is 9.59 Å². The van der Waals surface area contributed by atoms with Gasteiger partial charge in [-0.25, -0.2) is 4.98 Å². The van der Waals surface area contributed by atoms with Crippen LogP contribution >= 0.6 is 11.3 Å². The number of hydrogen-bond acceptors (Lipinski definition) is 5. The van der Waals surface area contributed by atoms with E-state index < -0.39 is 0 Å². The highest BCUT2D eigenvalue weighted by atomic mass is 32.1. The summed E-state index contributed by atoms with van der Waals surface area (Å²) < 4.78 is 0. The van der Waals surface area contributed by atoms with Gasteiger partial charge in [0.1, 0.15) is 0 Å². The summed E-state index contributed by atoms with van der Waals surface area (Å²) in [5.74, 6) is 0.593. The van der Waals surface area contributed by atoms with Gasteiger partial charge in [0, 0.05) is 30.4 Å². The van der Waals surface area contributed by atoms with Gasteiger partial charge in [-0.05, 0) is 45.3 Å². The zero-order valence-corrected chi connectivity index (χ0v) is 16.3. The maximum atomic E-state index is 13.1. The van der Waals surface area contributed by atoms with E-state index in [1.54, 1.807) is 11.3 Å². The molecule has 26 heavy (non-hydrogen) atoms. The summed E-state index contributed by atoms with van der Waals surface area (Å²) in [5.41, 5.74) is 2.77. The number of aromatic nitrogens is 1. The standard InChI is InChI=1S/C19H28N4O2S/c1-2-21-7-5-14(6-8-21)18(24)22-9-15-3-4-17(11-22)23(19(15)25)10-16-12-26-13-20-16/h12-15,17H,2-11H2,1H3/t15-,17+/m0/s1. The molecule has 0 unspecified atom stereocenters. The molecular formula is C19H28N4O2S. The average Bonchev–Trinajstić information content (AvgIpc) is 3.04. The number of likely N-dealkylation sites (tertiary alicyclic amines) is 1. The molecular weight excluding hydrogens is 348 g/mol. The smallest absolute Gasteiger partial charge is 0.228 e. The number of rotatable bonds is 4. The summed E-state index contributed by atoms with van der Waals surface area (Å²) in [6, 6.07) is 0.141. The molecule has 5 heterocycles. The van der Waals surface area contributed by atoms with Gasteiger partial charge < -0.3 is 14.7 Å². The van der Waals surface area contributed by atoms with Crippen LogP contribution in [0, 0.1) is 11.8 Å². The van der Waals surface area contributed by atoms with Crippen molar-refractivity contribution in [2.24, 2.45) is 11.8 Å². The lowest BCUT2D eigenvalue weighted by atomic mass is 9.93. The van der Waals surface area contributed by atoms with E-state index in [-0.39, 0.29) is 29.7 Å². The van der Waals surface area contributed by atoms with Gasteiger partial charge in [0.15, 0.2) is 0 Å². The number of carbonyl (C=O) groups is 2. The third kappa shape index (κ3) is 3.51. The van der Waals surface area contributed by atoms with Crippen LogP contribution in [0.15, 0.2) is 10.9 Å². The van der Waals surface area contributed by atoms with Crippen LogP contribution in [0.5, 0.6) is 0 Å². The number of carbonyl (C=O) groups excluding carboxylic acids is 2. The molecule has 6 nitrogen and oxygen atoms in total. The van der Waals surface area contributed by atoms with E-state index in [4.69, 9.17) is 0 Å². The second kappa shape index (κ2) is 7.64. The molecule has 0 aliphatic carbocycles. The van der Waals surface area contributed by atoms with Crippen LogP contribution in [0.2, 0.25) is 0 Å². The van der Waals surface area contributed by atoms with E-state index in [9.17, 15) is 9.59 Å². The largest absolute Gasteiger partial charge is 0.340 e. The maximum absolute atomic E-state index is 13.1. The molecule has 2 amide bonds. The Morgan fingerprint density at radius 2 is 2.04 bits per heavy atom. The lowest BCUT2D eigenvalue weighted by Crippen LogP contribution is -2.48. The summed E-state index contributed by atoms with van der Waals surface area (Å²) in [4.78, 5) is 36.8. The maximum Gasteiger partial charge on any atom is 0.228 e. The molecule has 2 atom stereocenters. The van der Waals surface area contributed by atoms with Crippen LogP contribution in [0.1, 0.15) is 38.3 Å². The van der Waals surface area contributed by atoms with Gasteiger partial charge in [0.2, 0.25) is 11.8 Å². The molecule has 1 aromatic heterocycles.